The van der Waals surface area contributed by atoms with Crippen LogP contribution in [0.15, 0.2) is 60.8 Å². The highest BCUT2D eigenvalue weighted by molar-refractivity contribution is 5.94. The number of nitrogens with zero attached hydrogens (tertiary/aromatic N) is 4. The SMILES string of the molecule is CCN(CC(=O)Nc1c(C#N)cnn1-c1ccccc1)c1ccc(F)cc1. The van der Waals surface area contributed by atoms with E-state index in [0.717, 1.165) is 11.4 Å². The number of benzene rings is 2. The molecule has 1 amide bonds. The summed E-state index contributed by atoms with van der Waals surface area (Å²) in [6, 6.07) is 17.2. The summed E-state index contributed by atoms with van der Waals surface area (Å²) >= 11 is 0. The van der Waals surface area contributed by atoms with E-state index in [2.05, 4.69) is 10.4 Å². The number of nitrogens with one attached hydrogen (secondary N) is 1. The van der Waals surface area contributed by atoms with E-state index in [9.17, 15) is 14.4 Å². The average molecular weight is 363 g/mol. The number of likely N-dealkylation sites (N-methyl/N-ethyl adjacent to an activating group) is 1. The third-order valence-corrected chi connectivity index (χ3v) is 4.06. The lowest BCUT2D eigenvalue weighted by Gasteiger charge is -2.22. The van der Waals surface area contributed by atoms with Crippen LogP contribution in [0.2, 0.25) is 0 Å². The molecule has 0 saturated carbocycles. The number of amides is 1. The monoisotopic (exact) mass is 363 g/mol. The van der Waals surface area contributed by atoms with Gasteiger partial charge in [0, 0.05) is 12.2 Å². The molecule has 0 aliphatic rings. The molecular formula is C20H18FN5O. The van der Waals surface area contributed by atoms with Gasteiger partial charge >= 0.3 is 0 Å². The fraction of sp³-hybridized carbons (Fsp3) is 0.150. The van der Waals surface area contributed by atoms with Gasteiger partial charge in [-0.05, 0) is 43.3 Å². The Morgan fingerprint density at radius 1 is 1.22 bits per heavy atom. The minimum Gasteiger partial charge on any atom is -0.362 e. The Morgan fingerprint density at radius 3 is 2.56 bits per heavy atom. The molecular weight excluding hydrogens is 345 g/mol. The second-order valence-corrected chi connectivity index (χ2v) is 5.80. The van der Waals surface area contributed by atoms with Gasteiger partial charge in [-0.25, -0.2) is 9.07 Å². The van der Waals surface area contributed by atoms with Crippen molar-refractivity contribution < 1.29 is 9.18 Å². The molecule has 2 aromatic carbocycles. The quantitative estimate of drug-likeness (QED) is 0.729. The Labute approximate surface area is 156 Å². The standard InChI is InChI=1S/C20H18FN5O/c1-2-25(17-10-8-16(21)9-11-17)14-19(27)24-20-15(12-22)13-23-26(20)18-6-4-3-5-7-18/h3-11,13H,2,14H2,1H3,(H,24,27). The summed E-state index contributed by atoms with van der Waals surface area (Å²) in [4.78, 5) is 14.4. The van der Waals surface area contributed by atoms with E-state index in [1.54, 1.807) is 12.1 Å². The van der Waals surface area contributed by atoms with Gasteiger partial charge in [-0.15, -0.1) is 0 Å². The van der Waals surface area contributed by atoms with Crippen LogP contribution in [0, 0.1) is 17.1 Å². The zero-order chi connectivity index (χ0) is 19.2. The highest BCUT2D eigenvalue weighted by Gasteiger charge is 2.17. The van der Waals surface area contributed by atoms with Gasteiger partial charge in [0.2, 0.25) is 5.91 Å². The van der Waals surface area contributed by atoms with Gasteiger partial charge in [-0.2, -0.15) is 10.4 Å². The van der Waals surface area contributed by atoms with Crippen molar-refractivity contribution in [2.45, 2.75) is 6.92 Å². The number of hydrogen-bond acceptors (Lipinski definition) is 4. The zero-order valence-electron chi connectivity index (χ0n) is 14.8. The number of rotatable bonds is 6. The summed E-state index contributed by atoms with van der Waals surface area (Å²) < 4.78 is 14.6. The molecule has 1 aromatic heterocycles. The van der Waals surface area contributed by atoms with Crippen LogP contribution in [-0.2, 0) is 4.79 Å². The number of carbonyl (C=O) groups is 1. The minimum absolute atomic E-state index is 0.0625. The molecule has 3 rings (SSSR count). The summed E-state index contributed by atoms with van der Waals surface area (Å²) in [5.74, 6) is -0.302. The summed E-state index contributed by atoms with van der Waals surface area (Å²) in [6.45, 7) is 2.54. The number of hydrogen-bond donors (Lipinski definition) is 1. The number of carbonyl (C=O) groups excluding carboxylic acids is 1. The molecule has 6 nitrogen and oxygen atoms in total. The first-order chi connectivity index (χ1) is 13.1. The molecule has 0 atom stereocenters. The molecule has 0 fully saturated rings. The van der Waals surface area contributed by atoms with E-state index in [4.69, 9.17) is 0 Å². The topological polar surface area (TPSA) is 74.0 Å². The van der Waals surface area contributed by atoms with Crippen molar-refractivity contribution >= 4 is 17.4 Å². The molecule has 7 heteroatoms. The van der Waals surface area contributed by atoms with Crippen molar-refractivity contribution in [3.8, 4) is 11.8 Å². The number of anilines is 2. The normalized spacial score (nSPS) is 10.3. The highest BCUT2D eigenvalue weighted by atomic mass is 19.1. The maximum atomic E-state index is 13.1. The molecule has 0 spiro atoms. The summed E-state index contributed by atoms with van der Waals surface area (Å²) in [5, 5.41) is 16.3. The molecule has 1 heterocycles. The van der Waals surface area contributed by atoms with Crippen molar-refractivity contribution in [3.63, 3.8) is 0 Å². The average Bonchev–Trinajstić information content (AvgIpc) is 3.10. The van der Waals surface area contributed by atoms with E-state index in [0.29, 0.717) is 12.4 Å². The predicted molar refractivity (Wildman–Crippen MR) is 101 cm³/mol. The Hall–Kier alpha value is -3.66. The maximum Gasteiger partial charge on any atom is 0.245 e. The Bertz CT molecular complexity index is 960. The molecule has 136 valence electrons. The van der Waals surface area contributed by atoms with Gasteiger partial charge in [-0.3, -0.25) is 4.79 Å². The smallest absolute Gasteiger partial charge is 0.245 e. The van der Waals surface area contributed by atoms with Gasteiger partial charge < -0.3 is 10.2 Å². The van der Waals surface area contributed by atoms with Crippen LogP contribution in [0.1, 0.15) is 12.5 Å². The molecule has 0 saturated heterocycles. The summed E-state index contributed by atoms with van der Waals surface area (Å²) in [6.07, 6.45) is 1.42. The molecule has 3 aromatic rings. The Balaban J connectivity index is 1.80. The van der Waals surface area contributed by atoms with E-state index in [1.165, 1.54) is 23.0 Å². The van der Waals surface area contributed by atoms with Crippen LogP contribution >= 0.6 is 0 Å². The van der Waals surface area contributed by atoms with E-state index < -0.39 is 0 Å². The van der Waals surface area contributed by atoms with Crippen molar-refractivity contribution in [2.24, 2.45) is 0 Å². The Kier molecular flexibility index (Phi) is 5.47. The van der Waals surface area contributed by atoms with Crippen LogP contribution in [0.3, 0.4) is 0 Å². The lowest BCUT2D eigenvalue weighted by atomic mass is 10.2. The molecule has 0 aliphatic heterocycles. The molecule has 1 N–H and O–H groups in total. The van der Waals surface area contributed by atoms with E-state index >= 15 is 0 Å². The number of aromatic nitrogens is 2. The maximum absolute atomic E-state index is 13.1. The van der Waals surface area contributed by atoms with Gasteiger partial charge in [0.25, 0.3) is 0 Å². The van der Waals surface area contributed by atoms with Crippen LogP contribution in [0.25, 0.3) is 5.69 Å². The first-order valence-electron chi connectivity index (χ1n) is 8.46. The summed E-state index contributed by atoms with van der Waals surface area (Å²) in [7, 11) is 0. The van der Waals surface area contributed by atoms with Crippen LogP contribution in [0.5, 0.6) is 0 Å². The molecule has 0 unspecified atom stereocenters. The van der Waals surface area contributed by atoms with Crippen molar-refractivity contribution in [2.75, 3.05) is 23.3 Å². The lowest BCUT2D eigenvalue weighted by molar-refractivity contribution is -0.115. The van der Waals surface area contributed by atoms with Gasteiger partial charge in [-0.1, -0.05) is 18.2 Å². The molecule has 27 heavy (non-hydrogen) atoms. The van der Waals surface area contributed by atoms with Gasteiger partial charge in [0.05, 0.1) is 18.4 Å². The third-order valence-electron chi connectivity index (χ3n) is 4.06. The van der Waals surface area contributed by atoms with Crippen LogP contribution < -0.4 is 10.2 Å². The third kappa shape index (κ3) is 4.12. The van der Waals surface area contributed by atoms with Crippen molar-refractivity contribution in [1.82, 2.24) is 9.78 Å². The van der Waals surface area contributed by atoms with E-state index in [1.807, 2.05) is 48.2 Å². The second-order valence-electron chi connectivity index (χ2n) is 5.80. The fourth-order valence-electron chi connectivity index (χ4n) is 2.70. The first-order valence-corrected chi connectivity index (χ1v) is 8.46. The van der Waals surface area contributed by atoms with Gasteiger partial charge in [0.1, 0.15) is 17.4 Å². The predicted octanol–water partition coefficient (Wildman–Crippen LogP) is 3.35. The molecule has 0 aliphatic carbocycles. The minimum atomic E-state index is -0.329. The first kappa shape index (κ1) is 18.1. The lowest BCUT2D eigenvalue weighted by Crippen LogP contribution is -2.33. The van der Waals surface area contributed by atoms with E-state index in [-0.39, 0.29) is 23.8 Å². The summed E-state index contributed by atoms with van der Waals surface area (Å²) in [5.41, 5.74) is 1.75. The molecule has 0 bridgehead atoms. The van der Waals surface area contributed by atoms with Crippen molar-refractivity contribution in [1.29, 1.82) is 5.26 Å². The largest absolute Gasteiger partial charge is 0.362 e. The number of halogens is 1. The van der Waals surface area contributed by atoms with Crippen molar-refractivity contribution in [3.05, 3.63) is 72.2 Å². The van der Waals surface area contributed by atoms with Crippen LogP contribution in [-0.4, -0.2) is 28.8 Å². The molecule has 0 radical (unpaired) electrons. The Morgan fingerprint density at radius 2 is 1.93 bits per heavy atom. The second kappa shape index (κ2) is 8.15. The number of para-hydroxylation sites is 1. The fourth-order valence-corrected chi connectivity index (χ4v) is 2.70. The van der Waals surface area contributed by atoms with Gasteiger partial charge in [0.15, 0.2) is 5.82 Å². The number of nitriles is 1. The van der Waals surface area contributed by atoms with Crippen LogP contribution in [0.4, 0.5) is 15.9 Å². The highest BCUT2D eigenvalue weighted by Crippen LogP contribution is 2.20. The zero-order valence-corrected chi connectivity index (χ0v) is 14.8.